The van der Waals surface area contributed by atoms with Crippen molar-refractivity contribution in [3.63, 3.8) is 0 Å². The van der Waals surface area contributed by atoms with Gasteiger partial charge in [-0.3, -0.25) is 4.79 Å². The number of nitrogens with one attached hydrogen (secondary N) is 1. The van der Waals surface area contributed by atoms with Crippen LogP contribution in [0.4, 0.5) is 18.9 Å². The molecule has 0 saturated carbocycles. The molecule has 2 aromatic carbocycles. The van der Waals surface area contributed by atoms with Crippen molar-refractivity contribution in [3.8, 4) is 0 Å². The lowest BCUT2D eigenvalue weighted by molar-refractivity contribution is -0.242. The van der Waals surface area contributed by atoms with Crippen molar-refractivity contribution in [2.24, 2.45) is 0 Å². The van der Waals surface area contributed by atoms with Gasteiger partial charge < -0.3 is 15.5 Å². The second kappa shape index (κ2) is 7.90. The highest BCUT2D eigenvalue weighted by Crippen LogP contribution is 2.33. The zero-order valence-corrected chi connectivity index (χ0v) is 15.7. The van der Waals surface area contributed by atoms with E-state index in [2.05, 4.69) is 0 Å². The molecule has 2 atom stereocenters. The van der Waals surface area contributed by atoms with Gasteiger partial charge in [0.15, 0.2) is 0 Å². The van der Waals surface area contributed by atoms with Gasteiger partial charge in [0.1, 0.15) is 0 Å². The van der Waals surface area contributed by atoms with E-state index in [0.29, 0.717) is 6.92 Å². The largest absolute Gasteiger partial charge is 0.478 e. The molecule has 0 aliphatic carbocycles. The molecule has 0 heterocycles. The first-order chi connectivity index (χ1) is 12.8. The Kier molecular flexibility index (Phi) is 6.17. The molecule has 0 bridgehead atoms. The van der Waals surface area contributed by atoms with Crippen LogP contribution in [0, 0.1) is 0 Å². The van der Waals surface area contributed by atoms with Crippen molar-refractivity contribution in [2.45, 2.75) is 28.5 Å². The van der Waals surface area contributed by atoms with Gasteiger partial charge in [-0.2, -0.15) is 13.2 Å². The molecule has 0 aliphatic rings. The number of hydrogen-bond donors (Lipinski definition) is 3. The van der Waals surface area contributed by atoms with E-state index in [4.69, 9.17) is 16.7 Å². The third-order valence-corrected chi connectivity index (χ3v) is 5.41. The summed E-state index contributed by atoms with van der Waals surface area (Å²) in [6.07, 6.45) is -5.19. The van der Waals surface area contributed by atoms with E-state index in [1.165, 1.54) is 36.4 Å². The van der Waals surface area contributed by atoms with Gasteiger partial charge in [-0.05, 0) is 49.4 Å². The van der Waals surface area contributed by atoms with Crippen molar-refractivity contribution in [1.29, 1.82) is 0 Å². The SMILES string of the molecule is CC(O)(C(=O)Nc1ccc([S@](=O)c2ccc(C(=O)O)cc2)cc1Cl)C(F)(F)F. The lowest BCUT2D eigenvalue weighted by Crippen LogP contribution is -2.52. The van der Waals surface area contributed by atoms with Crippen LogP contribution in [-0.4, -0.2) is 38.1 Å². The van der Waals surface area contributed by atoms with Crippen LogP contribution in [0.1, 0.15) is 17.3 Å². The van der Waals surface area contributed by atoms with Gasteiger partial charge in [-0.15, -0.1) is 0 Å². The third kappa shape index (κ3) is 4.51. The van der Waals surface area contributed by atoms with E-state index in [1.807, 2.05) is 5.32 Å². The van der Waals surface area contributed by atoms with E-state index in [0.717, 1.165) is 6.07 Å². The number of alkyl halides is 3. The summed E-state index contributed by atoms with van der Waals surface area (Å²) in [5.41, 5.74) is -3.82. The Morgan fingerprint density at radius 3 is 2.07 bits per heavy atom. The fraction of sp³-hybridized carbons (Fsp3) is 0.176. The highest BCUT2D eigenvalue weighted by molar-refractivity contribution is 7.85. The van der Waals surface area contributed by atoms with Crippen LogP contribution in [0.2, 0.25) is 5.02 Å². The van der Waals surface area contributed by atoms with Crippen LogP contribution >= 0.6 is 11.6 Å². The highest BCUT2D eigenvalue weighted by atomic mass is 35.5. The number of benzene rings is 2. The minimum absolute atomic E-state index is 0.00793. The molecular formula is C17H13ClF3NO5S. The van der Waals surface area contributed by atoms with E-state index in [-0.39, 0.29) is 26.1 Å². The first-order valence-electron chi connectivity index (χ1n) is 7.50. The smallest absolute Gasteiger partial charge is 0.426 e. The number of carbonyl (C=O) groups is 2. The maximum Gasteiger partial charge on any atom is 0.426 e. The first-order valence-corrected chi connectivity index (χ1v) is 9.02. The number of carboxylic acids is 1. The summed E-state index contributed by atoms with van der Waals surface area (Å²) < 4.78 is 50.6. The molecule has 0 aliphatic heterocycles. The van der Waals surface area contributed by atoms with E-state index in [1.54, 1.807) is 0 Å². The average Bonchev–Trinajstić information content (AvgIpc) is 2.61. The van der Waals surface area contributed by atoms with Gasteiger partial charge in [0.2, 0.25) is 5.60 Å². The van der Waals surface area contributed by atoms with Crippen molar-refractivity contribution in [2.75, 3.05) is 5.32 Å². The summed E-state index contributed by atoms with van der Waals surface area (Å²) in [4.78, 5) is 23.0. The maximum absolute atomic E-state index is 12.7. The topological polar surface area (TPSA) is 104 Å². The molecule has 1 amide bonds. The number of rotatable bonds is 5. The minimum Gasteiger partial charge on any atom is -0.478 e. The number of carbonyl (C=O) groups excluding carboxylic acids is 1. The van der Waals surface area contributed by atoms with Gasteiger partial charge >= 0.3 is 12.1 Å². The zero-order valence-electron chi connectivity index (χ0n) is 14.1. The molecule has 28 heavy (non-hydrogen) atoms. The molecule has 150 valence electrons. The number of anilines is 1. The molecule has 2 rings (SSSR count). The molecular weight excluding hydrogens is 423 g/mol. The Bertz CT molecular complexity index is 945. The molecule has 6 nitrogen and oxygen atoms in total. The van der Waals surface area contributed by atoms with Crippen molar-refractivity contribution in [3.05, 3.63) is 53.1 Å². The van der Waals surface area contributed by atoms with Gasteiger partial charge in [0.25, 0.3) is 5.91 Å². The van der Waals surface area contributed by atoms with E-state index < -0.39 is 34.5 Å². The first kappa shape index (κ1) is 21.9. The van der Waals surface area contributed by atoms with Crippen LogP contribution in [0.3, 0.4) is 0 Å². The molecule has 3 N–H and O–H groups in total. The molecule has 0 spiro atoms. The Morgan fingerprint density at radius 1 is 1.07 bits per heavy atom. The highest BCUT2D eigenvalue weighted by Gasteiger charge is 2.55. The van der Waals surface area contributed by atoms with E-state index in [9.17, 15) is 32.1 Å². The van der Waals surface area contributed by atoms with Crippen LogP contribution in [0.5, 0.6) is 0 Å². The lowest BCUT2D eigenvalue weighted by atomic mass is 10.1. The Morgan fingerprint density at radius 2 is 1.61 bits per heavy atom. The quantitative estimate of drug-likeness (QED) is 0.667. The summed E-state index contributed by atoms with van der Waals surface area (Å²) in [5, 5.41) is 19.9. The molecule has 11 heteroatoms. The van der Waals surface area contributed by atoms with Gasteiger partial charge in [-0.1, -0.05) is 11.6 Å². The van der Waals surface area contributed by atoms with Gasteiger partial charge in [0, 0.05) is 9.79 Å². The van der Waals surface area contributed by atoms with Crippen LogP contribution in [-0.2, 0) is 15.6 Å². The maximum atomic E-state index is 12.7. The number of aromatic carboxylic acids is 1. The number of aliphatic hydroxyl groups is 1. The summed E-state index contributed by atoms with van der Waals surface area (Å²) >= 11 is 5.95. The third-order valence-electron chi connectivity index (χ3n) is 3.71. The standard InChI is InChI=1S/C17H13ClF3NO5S/c1-16(26,17(19,20)21)15(25)22-13-7-6-11(8-12(13)18)28(27)10-4-2-9(3-5-10)14(23)24/h2-8,26H,1H3,(H,22,25)(H,23,24)/t16?,28-/m1/s1. The molecule has 0 aromatic heterocycles. The molecule has 0 radical (unpaired) electrons. The summed E-state index contributed by atoms with van der Waals surface area (Å²) in [6, 6.07) is 8.83. The zero-order chi connectivity index (χ0) is 21.3. The summed E-state index contributed by atoms with van der Waals surface area (Å²) in [7, 11) is -1.75. The van der Waals surface area contributed by atoms with Crippen LogP contribution in [0.15, 0.2) is 52.3 Å². The Labute approximate surface area is 164 Å². The number of hydrogen-bond acceptors (Lipinski definition) is 4. The average molecular weight is 436 g/mol. The summed E-state index contributed by atoms with van der Waals surface area (Å²) in [5.74, 6) is -2.87. The van der Waals surface area contributed by atoms with Gasteiger partial charge in [0.05, 0.1) is 27.1 Å². The second-order valence-electron chi connectivity index (χ2n) is 5.76. The van der Waals surface area contributed by atoms with Crippen molar-refractivity contribution < 1.29 is 37.2 Å². The molecule has 0 saturated heterocycles. The second-order valence-corrected chi connectivity index (χ2v) is 7.65. The monoisotopic (exact) mass is 435 g/mol. The number of halogens is 4. The number of carboxylic acid groups (broad SMARTS) is 1. The van der Waals surface area contributed by atoms with Crippen molar-refractivity contribution in [1.82, 2.24) is 0 Å². The molecule has 1 unspecified atom stereocenters. The predicted molar refractivity (Wildman–Crippen MR) is 94.8 cm³/mol. The minimum atomic E-state index is -5.19. The predicted octanol–water partition coefficient (Wildman–Crippen LogP) is 3.46. The lowest BCUT2D eigenvalue weighted by Gasteiger charge is -2.25. The van der Waals surface area contributed by atoms with Crippen molar-refractivity contribution >= 4 is 40.0 Å². The Hall–Kier alpha value is -2.43. The van der Waals surface area contributed by atoms with Crippen LogP contribution in [0.25, 0.3) is 0 Å². The van der Waals surface area contributed by atoms with Crippen LogP contribution < -0.4 is 5.32 Å². The Balaban J connectivity index is 2.23. The number of amides is 1. The fourth-order valence-corrected chi connectivity index (χ4v) is 3.31. The van der Waals surface area contributed by atoms with E-state index >= 15 is 0 Å². The summed E-state index contributed by atoms with van der Waals surface area (Å²) in [6.45, 7) is 0.306. The van der Waals surface area contributed by atoms with Gasteiger partial charge in [-0.25, -0.2) is 9.00 Å². The molecule has 2 aromatic rings. The normalized spacial score (nSPS) is 14.8. The molecule has 0 fully saturated rings. The fourth-order valence-electron chi connectivity index (χ4n) is 1.94.